The number of halogens is 1. The zero-order chi connectivity index (χ0) is 10.6. The summed E-state index contributed by atoms with van der Waals surface area (Å²) in [7, 11) is 0. The second-order valence-corrected chi connectivity index (χ2v) is 3.01. The van der Waals surface area contributed by atoms with E-state index in [4.69, 9.17) is 5.11 Å². The van der Waals surface area contributed by atoms with Gasteiger partial charge >= 0.3 is 5.97 Å². The van der Waals surface area contributed by atoms with Crippen LogP contribution in [0.15, 0.2) is 36.2 Å². The summed E-state index contributed by atoms with van der Waals surface area (Å²) in [4.78, 5) is 10.3. The van der Waals surface area contributed by atoms with E-state index in [1.54, 1.807) is 0 Å². The Hall–Kier alpha value is -1.38. The molecule has 0 aliphatic heterocycles. The van der Waals surface area contributed by atoms with Gasteiger partial charge in [0.15, 0.2) is 0 Å². The highest BCUT2D eigenvalue weighted by atomic mass is 19.1. The lowest BCUT2D eigenvalue weighted by Crippen LogP contribution is -2.00. The van der Waals surface area contributed by atoms with Crippen LogP contribution in [0, 0.1) is 5.92 Å². The molecule has 0 aliphatic rings. The number of allylic oxidation sites excluding steroid dienone is 2. The van der Waals surface area contributed by atoms with Gasteiger partial charge in [-0.25, -0.2) is 9.18 Å². The van der Waals surface area contributed by atoms with Gasteiger partial charge in [-0.1, -0.05) is 27.0 Å². The van der Waals surface area contributed by atoms with Crippen LogP contribution in [-0.2, 0) is 4.79 Å². The Kier molecular flexibility index (Phi) is 4.11. The van der Waals surface area contributed by atoms with Crippen molar-refractivity contribution in [2.75, 3.05) is 0 Å². The summed E-state index contributed by atoms with van der Waals surface area (Å²) in [5.74, 6) is -2.11. The summed E-state index contributed by atoms with van der Waals surface area (Å²) in [6.07, 6.45) is 1.10. The van der Waals surface area contributed by atoms with E-state index in [2.05, 4.69) is 13.2 Å². The molecule has 0 aromatic carbocycles. The van der Waals surface area contributed by atoms with Crippen molar-refractivity contribution in [1.29, 1.82) is 0 Å². The van der Waals surface area contributed by atoms with Crippen LogP contribution in [0.1, 0.15) is 13.8 Å². The summed E-state index contributed by atoms with van der Waals surface area (Å²) < 4.78 is 13.0. The number of carbonyl (C=O) groups is 1. The van der Waals surface area contributed by atoms with Gasteiger partial charge in [0.1, 0.15) is 5.83 Å². The zero-order valence-corrected chi connectivity index (χ0v) is 7.80. The number of rotatable bonds is 4. The fourth-order valence-electron chi connectivity index (χ4n) is 0.519. The van der Waals surface area contributed by atoms with Crippen molar-refractivity contribution in [2.45, 2.75) is 13.8 Å². The van der Waals surface area contributed by atoms with Crippen molar-refractivity contribution in [3.8, 4) is 0 Å². The molecule has 0 unspecified atom stereocenters. The second-order valence-electron chi connectivity index (χ2n) is 3.01. The molecule has 3 heteroatoms. The fourth-order valence-corrected chi connectivity index (χ4v) is 0.519. The van der Waals surface area contributed by atoms with E-state index in [-0.39, 0.29) is 5.92 Å². The van der Waals surface area contributed by atoms with E-state index < -0.39 is 17.4 Å². The summed E-state index contributed by atoms with van der Waals surface area (Å²) in [6.45, 7) is 10.4. The van der Waals surface area contributed by atoms with Gasteiger partial charge in [0.05, 0.1) is 5.57 Å². The maximum atomic E-state index is 13.0. The minimum Gasteiger partial charge on any atom is -0.478 e. The van der Waals surface area contributed by atoms with E-state index in [9.17, 15) is 9.18 Å². The van der Waals surface area contributed by atoms with E-state index in [0.717, 1.165) is 6.08 Å². The third-order valence-electron chi connectivity index (χ3n) is 1.60. The second kappa shape index (κ2) is 4.60. The van der Waals surface area contributed by atoms with Gasteiger partial charge in [0, 0.05) is 0 Å². The Bertz CT molecular complexity index is 275. The molecular formula is C10H13FO2. The van der Waals surface area contributed by atoms with Crippen LogP contribution in [0.3, 0.4) is 0 Å². The van der Waals surface area contributed by atoms with Crippen LogP contribution in [0.4, 0.5) is 4.39 Å². The molecule has 0 amide bonds. The van der Waals surface area contributed by atoms with Gasteiger partial charge in [0.2, 0.25) is 0 Å². The summed E-state index contributed by atoms with van der Waals surface area (Å²) in [6, 6.07) is 0. The molecule has 0 aromatic heterocycles. The highest BCUT2D eigenvalue weighted by molar-refractivity contribution is 5.90. The first kappa shape index (κ1) is 11.6. The fraction of sp³-hybridized carbons (Fsp3) is 0.300. The van der Waals surface area contributed by atoms with Gasteiger partial charge < -0.3 is 5.11 Å². The van der Waals surface area contributed by atoms with Crippen molar-refractivity contribution in [2.24, 2.45) is 5.92 Å². The Morgan fingerprint density at radius 2 is 1.92 bits per heavy atom. The number of carboxylic acid groups (broad SMARTS) is 1. The van der Waals surface area contributed by atoms with Crippen molar-refractivity contribution >= 4 is 5.97 Å². The Morgan fingerprint density at radius 1 is 1.46 bits per heavy atom. The van der Waals surface area contributed by atoms with E-state index in [1.807, 2.05) is 13.8 Å². The van der Waals surface area contributed by atoms with Crippen LogP contribution in [0.5, 0.6) is 0 Å². The first-order valence-corrected chi connectivity index (χ1v) is 3.84. The lowest BCUT2D eigenvalue weighted by atomic mass is 10.0. The molecule has 0 atom stereocenters. The smallest absolute Gasteiger partial charge is 0.338 e. The minimum absolute atomic E-state index is 0.0901. The van der Waals surface area contributed by atoms with Crippen LogP contribution in [-0.4, -0.2) is 11.1 Å². The predicted molar refractivity (Wildman–Crippen MR) is 49.9 cm³/mol. The molecule has 0 heterocycles. The molecular weight excluding hydrogens is 171 g/mol. The predicted octanol–water partition coefficient (Wildman–Crippen LogP) is 2.69. The number of hydrogen-bond acceptors (Lipinski definition) is 1. The van der Waals surface area contributed by atoms with Crippen LogP contribution in [0.25, 0.3) is 0 Å². The molecule has 0 radical (unpaired) electrons. The Labute approximate surface area is 77.1 Å². The van der Waals surface area contributed by atoms with Crippen molar-refractivity contribution in [3.63, 3.8) is 0 Å². The molecule has 1 N–H and O–H groups in total. The Morgan fingerprint density at radius 3 is 2.23 bits per heavy atom. The molecule has 13 heavy (non-hydrogen) atoms. The monoisotopic (exact) mass is 184 g/mol. The largest absolute Gasteiger partial charge is 0.478 e. The Balaban J connectivity index is 4.59. The molecule has 0 spiro atoms. The van der Waals surface area contributed by atoms with Gasteiger partial charge in [-0.15, -0.1) is 0 Å². The maximum Gasteiger partial charge on any atom is 0.338 e. The first-order chi connectivity index (χ1) is 5.86. The molecule has 0 fully saturated rings. The first-order valence-electron chi connectivity index (χ1n) is 3.84. The normalized spacial score (nSPS) is 11.5. The highest BCUT2D eigenvalue weighted by Crippen LogP contribution is 2.16. The third kappa shape index (κ3) is 3.69. The van der Waals surface area contributed by atoms with Crippen LogP contribution < -0.4 is 0 Å². The van der Waals surface area contributed by atoms with Crippen molar-refractivity contribution < 1.29 is 14.3 Å². The standard InChI is InChI=1S/C10H13FO2/c1-6(2)7(3)5-9(11)8(4)10(12)13/h5-6H,3-4H2,1-2H3,(H,12,13)/b9-5+. The van der Waals surface area contributed by atoms with Crippen LogP contribution in [0.2, 0.25) is 0 Å². The average molecular weight is 184 g/mol. The van der Waals surface area contributed by atoms with E-state index in [0.29, 0.717) is 5.57 Å². The average Bonchev–Trinajstić information content (AvgIpc) is 2.02. The van der Waals surface area contributed by atoms with Crippen molar-refractivity contribution in [3.05, 3.63) is 36.2 Å². The molecule has 0 aromatic rings. The van der Waals surface area contributed by atoms with Crippen LogP contribution >= 0.6 is 0 Å². The van der Waals surface area contributed by atoms with Gasteiger partial charge in [-0.05, 0) is 17.6 Å². The molecule has 2 nitrogen and oxygen atoms in total. The number of aliphatic carboxylic acids is 1. The maximum absolute atomic E-state index is 13.0. The molecule has 72 valence electrons. The van der Waals surface area contributed by atoms with Gasteiger partial charge in [0.25, 0.3) is 0 Å². The summed E-state index contributed by atoms with van der Waals surface area (Å²) in [5, 5.41) is 8.39. The van der Waals surface area contributed by atoms with E-state index in [1.165, 1.54) is 0 Å². The molecule has 0 saturated carbocycles. The SMILES string of the molecule is C=C(C(=O)O)/C(F)=C\C(=C)C(C)C. The van der Waals surface area contributed by atoms with E-state index >= 15 is 0 Å². The number of carboxylic acids is 1. The molecule has 0 bridgehead atoms. The lowest BCUT2D eigenvalue weighted by molar-refractivity contribution is -0.132. The summed E-state index contributed by atoms with van der Waals surface area (Å²) in [5.41, 5.74) is 0.00157. The topological polar surface area (TPSA) is 37.3 Å². The number of hydrogen-bond donors (Lipinski definition) is 1. The van der Waals surface area contributed by atoms with Crippen molar-refractivity contribution in [1.82, 2.24) is 0 Å². The quantitative estimate of drug-likeness (QED) is 0.538. The van der Waals surface area contributed by atoms with Gasteiger partial charge in [-0.2, -0.15) is 0 Å². The minimum atomic E-state index is -1.36. The highest BCUT2D eigenvalue weighted by Gasteiger charge is 2.10. The van der Waals surface area contributed by atoms with Gasteiger partial charge in [-0.3, -0.25) is 0 Å². The molecule has 0 aliphatic carbocycles. The third-order valence-corrected chi connectivity index (χ3v) is 1.60. The molecule has 0 saturated heterocycles. The lowest BCUT2D eigenvalue weighted by Gasteiger charge is -2.03. The zero-order valence-electron chi connectivity index (χ0n) is 7.80. The molecule has 0 rings (SSSR count). The summed E-state index contributed by atoms with van der Waals surface area (Å²) >= 11 is 0.